The molecule has 0 aliphatic heterocycles. The van der Waals surface area contributed by atoms with E-state index in [0.717, 1.165) is 5.56 Å². The second-order valence-electron chi connectivity index (χ2n) is 4.91. The Balaban J connectivity index is 1.66. The third-order valence-electron chi connectivity index (χ3n) is 3.14. The topological polar surface area (TPSA) is 43.1 Å². The molecule has 0 amide bonds. The summed E-state index contributed by atoms with van der Waals surface area (Å²) in [6, 6.07) is 17.5. The number of aromatic nitrogens is 1. The molecule has 3 rings (SSSR count). The average Bonchev–Trinajstić information content (AvgIpc) is 2.96. The van der Waals surface area contributed by atoms with E-state index in [0.29, 0.717) is 22.8 Å². The predicted molar refractivity (Wildman–Crippen MR) is 83.9 cm³/mol. The molecule has 1 heterocycles. The molecule has 0 N–H and O–H groups in total. The van der Waals surface area contributed by atoms with Crippen molar-refractivity contribution in [3.8, 4) is 11.3 Å². The Morgan fingerprint density at radius 2 is 1.82 bits per heavy atom. The monoisotopic (exact) mass is 315 g/mol. The first kappa shape index (κ1) is 14.7. The van der Waals surface area contributed by atoms with Crippen LogP contribution in [0, 0.1) is 5.82 Å². The normalized spacial score (nSPS) is 12.2. The Morgan fingerprint density at radius 3 is 2.59 bits per heavy atom. The highest BCUT2D eigenvalue weighted by Gasteiger charge is 2.10. The molecule has 22 heavy (non-hydrogen) atoms. The van der Waals surface area contributed by atoms with Crippen LogP contribution in [-0.2, 0) is 22.3 Å². The second-order valence-corrected chi connectivity index (χ2v) is 6.36. The molecule has 0 spiro atoms. The molecule has 0 radical (unpaired) electrons. The van der Waals surface area contributed by atoms with Crippen LogP contribution in [-0.4, -0.2) is 9.37 Å². The van der Waals surface area contributed by atoms with Gasteiger partial charge in [0, 0.05) is 28.2 Å². The molecule has 0 saturated carbocycles. The quantitative estimate of drug-likeness (QED) is 0.716. The zero-order valence-corrected chi connectivity index (χ0v) is 12.6. The molecule has 3 aromatic rings. The fourth-order valence-corrected chi connectivity index (χ4v) is 3.27. The first-order valence-corrected chi connectivity index (χ1v) is 8.30. The molecular formula is C17H14FNO2S. The summed E-state index contributed by atoms with van der Waals surface area (Å²) in [5.41, 5.74) is 2.27. The van der Waals surface area contributed by atoms with Crippen molar-refractivity contribution in [1.82, 2.24) is 5.16 Å². The Bertz CT molecular complexity index is 786. The molecule has 0 aliphatic carbocycles. The van der Waals surface area contributed by atoms with E-state index < -0.39 is 10.8 Å². The molecule has 3 nitrogen and oxygen atoms in total. The SMILES string of the molecule is O=[S@](Cc1cccc(F)c1)Cc1cc(-c2ccccc2)on1. The molecule has 0 fully saturated rings. The summed E-state index contributed by atoms with van der Waals surface area (Å²) in [6.07, 6.45) is 0. The van der Waals surface area contributed by atoms with E-state index >= 15 is 0 Å². The van der Waals surface area contributed by atoms with Gasteiger partial charge in [0.25, 0.3) is 0 Å². The Hall–Kier alpha value is -2.27. The van der Waals surface area contributed by atoms with Crippen molar-refractivity contribution in [2.24, 2.45) is 0 Å². The third-order valence-corrected chi connectivity index (χ3v) is 4.42. The third kappa shape index (κ3) is 3.68. The highest BCUT2D eigenvalue weighted by molar-refractivity contribution is 7.83. The largest absolute Gasteiger partial charge is 0.356 e. The zero-order chi connectivity index (χ0) is 15.4. The fourth-order valence-electron chi connectivity index (χ4n) is 2.15. The molecule has 0 saturated heterocycles. The van der Waals surface area contributed by atoms with Gasteiger partial charge in [-0.15, -0.1) is 0 Å². The predicted octanol–water partition coefficient (Wildman–Crippen LogP) is 3.93. The molecule has 5 heteroatoms. The van der Waals surface area contributed by atoms with Gasteiger partial charge in [0.1, 0.15) is 5.82 Å². The average molecular weight is 315 g/mol. The maximum Gasteiger partial charge on any atom is 0.167 e. The molecule has 1 aromatic heterocycles. The summed E-state index contributed by atoms with van der Waals surface area (Å²) < 4.78 is 30.5. The van der Waals surface area contributed by atoms with Crippen LogP contribution in [0.4, 0.5) is 4.39 Å². The van der Waals surface area contributed by atoms with Crippen molar-refractivity contribution < 1.29 is 13.1 Å². The minimum Gasteiger partial charge on any atom is -0.356 e. The molecule has 2 aromatic carbocycles. The summed E-state index contributed by atoms with van der Waals surface area (Å²) in [5.74, 6) is 0.915. The molecule has 1 atom stereocenters. The van der Waals surface area contributed by atoms with Gasteiger partial charge in [0.2, 0.25) is 0 Å². The van der Waals surface area contributed by atoms with Gasteiger partial charge in [-0.3, -0.25) is 4.21 Å². The Morgan fingerprint density at radius 1 is 1.00 bits per heavy atom. The molecule has 0 unspecified atom stereocenters. The smallest absolute Gasteiger partial charge is 0.167 e. The maximum absolute atomic E-state index is 13.1. The van der Waals surface area contributed by atoms with E-state index in [9.17, 15) is 8.60 Å². The van der Waals surface area contributed by atoms with Crippen LogP contribution in [0.2, 0.25) is 0 Å². The standard InChI is InChI=1S/C17H14FNO2S/c18-15-8-4-5-13(9-15)11-22(20)12-16-10-17(21-19-16)14-6-2-1-3-7-14/h1-10H,11-12H2/t22-/m1/s1. The zero-order valence-electron chi connectivity index (χ0n) is 11.7. The van der Waals surface area contributed by atoms with Crippen molar-refractivity contribution in [2.75, 3.05) is 0 Å². The highest BCUT2D eigenvalue weighted by atomic mass is 32.2. The minimum atomic E-state index is -1.16. The summed E-state index contributed by atoms with van der Waals surface area (Å²) >= 11 is 0. The summed E-state index contributed by atoms with van der Waals surface area (Å²) in [7, 11) is -1.16. The van der Waals surface area contributed by atoms with Crippen molar-refractivity contribution in [2.45, 2.75) is 11.5 Å². The summed E-state index contributed by atoms with van der Waals surface area (Å²) in [6.45, 7) is 0. The second kappa shape index (κ2) is 6.66. The number of hydrogen-bond donors (Lipinski definition) is 0. The van der Waals surface area contributed by atoms with Crippen molar-refractivity contribution >= 4 is 10.8 Å². The van der Waals surface area contributed by atoms with E-state index in [1.165, 1.54) is 12.1 Å². The van der Waals surface area contributed by atoms with Crippen LogP contribution in [0.15, 0.2) is 65.2 Å². The number of nitrogens with zero attached hydrogens (tertiary/aromatic N) is 1. The van der Waals surface area contributed by atoms with Gasteiger partial charge in [-0.05, 0) is 17.7 Å². The van der Waals surface area contributed by atoms with Crippen LogP contribution in [0.25, 0.3) is 11.3 Å². The lowest BCUT2D eigenvalue weighted by Crippen LogP contribution is -2.00. The molecule has 0 aliphatic rings. The van der Waals surface area contributed by atoms with Gasteiger partial charge < -0.3 is 4.52 Å². The number of hydrogen-bond acceptors (Lipinski definition) is 3. The summed E-state index contributed by atoms with van der Waals surface area (Å²) in [4.78, 5) is 0. The van der Waals surface area contributed by atoms with Crippen LogP contribution >= 0.6 is 0 Å². The van der Waals surface area contributed by atoms with Crippen molar-refractivity contribution in [3.63, 3.8) is 0 Å². The first-order valence-electron chi connectivity index (χ1n) is 6.81. The van der Waals surface area contributed by atoms with E-state index in [4.69, 9.17) is 4.52 Å². The molecule has 0 bridgehead atoms. The van der Waals surface area contributed by atoms with Gasteiger partial charge in [0.15, 0.2) is 5.76 Å². The lowest BCUT2D eigenvalue weighted by atomic mass is 10.2. The molecular weight excluding hydrogens is 301 g/mol. The van der Waals surface area contributed by atoms with Crippen molar-refractivity contribution in [3.05, 3.63) is 77.7 Å². The van der Waals surface area contributed by atoms with Gasteiger partial charge in [0.05, 0.1) is 11.4 Å². The van der Waals surface area contributed by atoms with Gasteiger partial charge in [-0.1, -0.05) is 47.6 Å². The van der Waals surface area contributed by atoms with Crippen LogP contribution in [0.3, 0.4) is 0 Å². The minimum absolute atomic E-state index is 0.285. The van der Waals surface area contributed by atoms with Crippen LogP contribution < -0.4 is 0 Å². The lowest BCUT2D eigenvalue weighted by molar-refractivity contribution is 0.426. The lowest BCUT2D eigenvalue weighted by Gasteiger charge is -2.00. The molecule has 112 valence electrons. The number of rotatable bonds is 5. The van der Waals surface area contributed by atoms with Gasteiger partial charge in [-0.25, -0.2) is 4.39 Å². The highest BCUT2D eigenvalue weighted by Crippen LogP contribution is 2.20. The summed E-state index contributed by atoms with van der Waals surface area (Å²) in [5, 5.41) is 3.95. The Kier molecular flexibility index (Phi) is 4.44. The van der Waals surface area contributed by atoms with E-state index in [1.807, 2.05) is 30.3 Å². The Labute approximate surface area is 130 Å². The van der Waals surface area contributed by atoms with E-state index in [1.54, 1.807) is 18.2 Å². The van der Waals surface area contributed by atoms with Gasteiger partial charge in [-0.2, -0.15) is 0 Å². The van der Waals surface area contributed by atoms with Gasteiger partial charge >= 0.3 is 0 Å². The van der Waals surface area contributed by atoms with E-state index in [2.05, 4.69) is 5.16 Å². The fraction of sp³-hybridized carbons (Fsp3) is 0.118. The van der Waals surface area contributed by atoms with Crippen LogP contribution in [0.5, 0.6) is 0 Å². The number of benzene rings is 2. The van der Waals surface area contributed by atoms with Crippen LogP contribution in [0.1, 0.15) is 11.3 Å². The van der Waals surface area contributed by atoms with E-state index in [-0.39, 0.29) is 11.6 Å². The maximum atomic E-state index is 13.1. The number of halogens is 1. The first-order chi connectivity index (χ1) is 10.7. The van der Waals surface area contributed by atoms with Crippen molar-refractivity contribution in [1.29, 1.82) is 0 Å².